The zero-order chi connectivity index (χ0) is 23.4. The molecule has 1 amide bonds. The summed E-state index contributed by atoms with van der Waals surface area (Å²) in [7, 11) is -0.772. The lowest BCUT2D eigenvalue weighted by molar-refractivity contribution is -0.152. The fourth-order valence-electron chi connectivity index (χ4n) is 3.62. The van der Waals surface area contributed by atoms with E-state index in [0.29, 0.717) is 12.8 Å². The quantitative estimate of drug-likeness (QED) is 0.281. The van der Waals surface area contributed by atoms with Crippen molar-refractivity contribution in [2.24, 2.45) is 0 Å². The molecular formula is C23H34BrNO5Si. The smallest absolute Gasteiger partial charge is 0.411 e. The van der Waals surface area contributed by atoms with Gasteiger partial charge < -0.3 is 13.9 Å². The van der Waals surface area contributed by atoms with Crippen LogP contribution in [-0.4, -0.2) is 57.2 Å². The molecule has 1 heterocycles. The van der Waals surface area contributed by atoms with Crippen LogP contribution in [0.1, 0.15) is 32.8 Å². The Labute approximate surface area is 195 Å². The van der Waals surface area contributed by atoms with Gasteiger partial charge in [0.05, 0.1) is 19.8 Å². The molecule has 2 rings (SSSR count). The largest absolute Gasteiger partial charge is 0.467 e. The molecule has 1 aromatic carbocycles. The third-order valence-electron chi connectivity index (χ3n) is 6.26. The zero-order valence-corrected chi connectivity index (χ0v) is 22.0. The average Bonchev–Trinajstić information content (AvgIpc) is 3.04. The first kappa shape index (κ1) is 25.6. The predicted octanol–water partition coefficient (Wildman–Crippen LogP) is 5.32. The maximum atomic E-state index is 13.2. The first-order valence-electron chi connectivity index (χ1n) is 10.4. The van der Waals surface area contributed by atoms with Gasteiger partial charge in [0.1, 0.15) is 12.1 Å². The molecule has 31 heavy (non-hydrogen) atoms. The molecule has 1 saturated heterocycles. The van der Waals surface area contributed by atoms with Gasteiger partial charge in [-0.2, -0.15) is 0 Å². The lowest BCUT2D eigenvalue weighted by atomic mass is 9.87. The Morgan fingerprint density at radius 3 is 2.42 bits per heavy atom. The number of benzene rings is 1. The third kappa shape index (κ3) is 5.78. The Kier molecular flexibility index (Phi) is 8.16. The molecule has 0 bridgehead atoms. The molecule has 1 fully saturated rings. The lowest BCUT2D eigenvalue weighted by Gasteiger charge is -2.38. The van der Waals surface area contributed by atoms with E-state index in [-0.39, 0.29) is 24.3 Å². The predicted molar refractivity (Wildman–Crippen MR) is 128 cm³/mol. The maximum Gasteiger partial charge on any atom is 0.411 e. The normalized spacial score (nSPS) is 21.6. The van der Waals surface area contributed by atoms with E-state index in [1.54, 1.807) is 0 Å². The van der Waals surface area contributed by atoms with Gasteiger partial charge in [0, 0.05) is 17.3 Å². The molecule has 172 valence electrons. The number of hydrogen-bond donors (Lipinski definition) is 0. The van der Waals surface area contributed by atoms with Crippen LogP contribution in [0.4, 0.5) is 4.79 Å². The second-order valence-electron chi connectivity index (χ2n) is 9.51. The van der Waals surface area contributed by atoms with Gasteiger partial charge in [-0.3, -0.25) is 4.90 Å². The van der Waals surface area contributed by atoms with Crippen LogP contribution >= 0.6 is 15.9 Å². The molecule has 1 aliphatic rings. The molecule has 0 radical (unpaired) electrons. The summed E-state index contributed by atoms with van der Waals surface area (Å²) in [5, 5.41) is 0.00337. The topological polar surface area (TPSA) is 65.1 Å². The van der Waals surface area contributed by atoms with Crippen LogP contribution in [0.15, 0.2) is 41.4 Å². The molecule has 0 spiro atoms. The van der Waals surface area contributed by atoms with Crippen molar-refractivity contribution in [2.75, 3.05) is 20.3 Å². The summed E-state index contributed by atoms with van der Waals surface area (Å²) in [6.45, 7) is 14.8. The number of carbonyl (C=O) groups excluding carboxylic acids is 2. The third-order valence-corrected chi connectivity index (χ3v) is 11.3. The highest BCUT2D eigenvalue weighted by Gasteiger charge is 2.56. The molecule has 0 N–H and O–H groups in total. The number of amides is 1. The number of ether oxygens (including phenoxy) is 2. The fourth-order valence-corrected chi connectivity index (χ4v) is 5.23. The van der Waals surface area contributed by atoms with Crippen LogP contribution in [0.5, 0.6) is 0 Å². The summed E-state index contributed by atoms with van der Waals surface area (Å²) in [4.78, 5) is 27.6. The molecule has 8 heteroatoms. The van der Waals surface area contributed by atoms with Gasteiger partial charge in [-0.15, -0.1) is 0 Å². The Morgan fingerprint density at radius 1 is 1.29 bits per heavy atom. The summed E-state index contributed by atoms with van der Waals surface area (Å²) < 4.78 is 18.1. The van der Waals surface area contributed by atoms with Crippen LogP contribution in [-0.2, 0) is 25.1 Å². The van der Waals surface area contributed by atoms with E-state index in [9.17, 15) is 9.59 Å². The maximum absolute atomic E-state index is 13.2. The number of carbonyl (C=O) groups is 2. The minimum atomic E-state index is -2.12. The first-order chi connectivity index (χ1) is 14.4. The molecular weight excluding hydrogens is 478 g/mol. The van der Waals surface area contributed by atoms with E-state index in [1.807, 2.05) is 24.3 Å². The molecule has 0 unspecified atom stereocenters. The van der Waals surface area contributed by atoms with Crippen LogP contribution < -0.4 is 0 Å². The average molecular weight is 513 g/mol. The van der Waals surface area contributed by atoms with Gasteiger partial charge >= 0.3 is 12.1 Å². The van der Waals surface area contributed by atoms with Crippen LogP contribution in [0.2, 0.25) is 18.1 Å². The van der Waals surface area contributed by atoms with Gasteiger partial charge in [-0.05, 0) is 35.8 Å². The number of rotatable bonds is 7. The van der Waals surface area contributed by atoms with Gasteiger partial charge in [0.2, 0.25) is 0 Å². The number of hydrogen-bond acceptors (Lipinski definition) is 5. The van der Waals surface area contributed by atoms with Gasteiger partial charge in [0.15, 0.2) is 8.32 Å². The molecule has 1 aliphatic heterocycles. The highest BCUT2D eigenvalue weighted by atomic mass is 79.9. The highest BCUT2D eigenvalue weighted by Crippen LogP contribution is 2.42. The number of nitrogens with zero attached hydrogens (tertiary/aromatic N) is 1. The van der Waals surface area contributed by atoms with Crippen molar-refractivity contribution in [1.82, 2.24) is 4.90 Å². The van der Waals surface area contributed by atoms with Crippen molar-refractivity contribution in [3.8, 4) is 0 Å². The summed E-state index contributed by atoms with van der Waals surface area (Å²) in [6.07, 6.45) is 1.32. The van der Waals surface area contributed by atoms with Crippen molar-refractivity contribution in [2.45, 2.75) is 63.4 Å². The van der Waals surface area contributed by atoms with E-state index >= 15 is 0 Å². The molecule has 0 saturated carbocycles. The Hall–Kier alpha value is -1.64. The monoisotopic (exact) mass is 511 g/mol. The highest BCUT2D eigenvalue weighted by molar-refractivity contribution is 9.10. The van der Waals surface area contributed by atoms with Gasteiger partial charge in [-0.25, -0.2) is 9.59 Å². The zero-order valence-electron chi connectivity index (χ0n) is 19.4. The summed E-state index contributed by atoms with van der Waals surface area (Å²) in [5.41, 5.74) is -0.281. The van der Waals surface area contributed by atoms with E-state index < -0.39 is 25.9 Å². The van der Waals surface area contributed by atoms with Crippen molar-refractivity contribution < 1.29 is 23.5 Å². The Bertz CT molecular complexity index is 805. The summed E-state index contributed by atoms with van der Waals surface area (Å²) in [5.74, 6) is -0.465. The second-order valence-corrected chi connectivity index (χ2v) is 15.2. The molecule has 6 nitrogen and oxygen atoms in total. The van der Waals surface area contributed by atoms with Crippen molar-refractivity contribution in [1.29, 1.82) is 0 Å². The van der Waals surface area contributed by atoms with E-state index in [1.165, 1.54) is 18.1 Å². The molecule has 1 aromatic rings. The number of halogens is 1. The summed E-state index contributed by atoms with van der Waals surface area (Å²) >= 11 is 3.44. The fraction of sp³-hybridized carbons (Fsp3) is 0.565. The summed E-state index contributed by atoms with van der Waals surface area (Å²) in [6, 6.07) is 7.70. The van der Waals surface area contributed by atoms with Crippen LogP contribution in [0.25, 0.3) is 0 Å². The van der Waals surface area contributed by atoms with E-state index in [0.717, 1.165) is 10.0 Å². The molecule has 2 atom stereocenters. The SMILES string of the molecule is C=CCOC(=O)N1C[C@H](O[Si](C)(C)C(C)(C)C)C[C@]1(Cc1ccc(Br)cc1)C(=O)OC. The molecule has 0 aromatic heterocycles. The minimum Gasteiger partial charge on any atom is -0.467 e. The van der Waals surface area contributed by atoms with E-state index in [4.69, 9.17) is 13.9 Å². The van der Waals surface area contributed by atoms with Crippen molar-refractivity contribution in [3.63, 3.8) is 0 Å². The second kappa shape index (κ2) is 9.88. The first-order valence-corrected chi connectivity index (χ1v) is 14.1. The lowest BCUT2D eigenvalue weighted by Crippen LogP contribution is -2.55. The van der Waals surface area contributed by atoms with Crippen LogP contribution in [0.3, 0.4) is 0 Å². The van der Waals surface area contributed by atoms with Gasteiger partial charge in [-0.1, -0.05) is 61.5 Å². The van der Waals surface area contributed by atoms with E-state index in [2.05, 4.69) is 56.4 Å². The van der Waals surface area contributed by atoms with Crippen molar-refractivity contribution in [3.05, 3.63) is 47.0 Å². The van der Waals surface area contributed by atoms with Gasteiger partial charge in [0.25, 0.3) is 0 Å². The minimum absolute atomic E-state index is 0.00337. The number of esters is 1. The Morgan fingerprint density at radius 2 is 1.90 bits per heavy atom. The number of methoxy groups -OCH3 is 1. The standard InChI is InChI=1S/C23H34BrNO5Si/c1-8-13-29-21(27)25-16-19(30-31(6,7)22(2,3)4)15-23(25,20(26)28-5)14-17-9-11-18(24)12-10-17/h8-12,19H,1,13-16H2,2-7H3/t19-,23-/m1/s1. The Balaban J connectivity index is 2.45. The van der Waals surface area contributed by atoms with Crippen LogP contribution in [0, 0.1) is 0 Å². The molecule has 0 aliphatic carbocycles. The number of likely N-dealkylation sites (tertiary alicyclic amines) is 1. The van der Waals surface area contributed by atoms with Crippen molar-refractivity contribution >= 4 is 36.3 Å².